The predicted octanol–water partition coefficient (Wildman–Crippen LogP) is 2.00. The molecule has 21 heavy (non-hydrogen) atoms. The fourth-order valence-corrected chi connectivity index (χ4v) is 1.63. The van der Waals surface area contributed by atoms with Crippen molar-refractivity contribution in [2.24, 2.45) is 0 Å². The first kappa shape index (κ1) is 14.9. The first-order chi connectivity index (χ1) is 9.96. The van der Waals surface area contributed by atoms with Gasteiger partial charge in [-0.2, -0.15) is 0 Å². The van der Waals surface area contributed by atoms with E-state index in [1.54, 1.807) is 18.6 Å². The first-order valence-electron chi connectivity index (χ1n) is 6.68. The normalized spacial score (nSPS) is 10.8. The van der Waals surface area contributed by atoms with Gasteiger partial charge in [-0.3, -0.25) is 9.38 Å². The van der Waals surface area contributed by atoms with Crippen molar-refractivity contribution in [1.82, 2.24) is 19.7 Å². The summed E-state index contributed by atoms with van der Waals surface area (Å²) in [5.74, 6) is 6.02. The van der Waals surface area contributed by atoms with Crippen molar-refractivity contribution in [2.45, 2.75) is 32.8 Å². The molecule has 2 aromatic heterocycles. The number of alkyl carbamates (subject to hydrolysis) is 1. The molecule has 6 nitrogen and oxygen atoms in total. The minimum absolute atomic E-state index is 0.426. The zero-order valence-corrected chi connectivity index (χ0v) is 12.4. The molecule has 1 N–H and O–H groups in total. The van der Waals surface area contributed by atoms with Crippen molar-refractivity contribution < 1.29 is 9.53 Å². The summed E-state index contributed by atoms with van der Waals surface area (Å²) in [6.07, 6.45) is 6.98. The number of nitrogens with one attached hydrogen (secondary N) is 1. The average Bonchev–Trinajstić information content (AvgIpc) is 2.80. The van der Waals surface area contributed by atoms with Crippen LogP contribution in [0.4, 0.5) is 4.79 Å². The smallest absolute Gasteiger partial charge is 0.407 e. The summed E-state index contributed by atoms with van der Waals surface area (Å²) >= 11 is 0. The number of ether oxygens (including phenoxy) is 1. The Morgan fingerprint density at radius 3 is 3.00 bits per heavy atom. The standard InChI is InChI=1S/C15H18N4O2/c1-15(2,3)21-14(20)17-7-5-4-6-12-10-18-13-11-16-8-9-19(12)13/h8-11H,5,7H2,1-3H3,(H,17,20). The first-order valence-corrected chi connectivity index (χ1v) is 6.68. The van der Waals surface area contributed by atoms with Gasteiger partial charge in [0.25, 0.3) is 0 Å². The van der Waals surface area contributed by atoms with Crippen LogP contribution >= 0.6 is 0 Å². The van der Waals surface area contributed by atoms with E-state index in [0.717, 1.165) is 11.3 Å². The van der Waals surface area contributed by atoms with Gasteiger partial charge in [-0.05, 0) is 26.7 Å². The highest BCUT2D eigenvalue weighted by atomic mass is 16.6. The van der Waals surface area contributed by atoms with Crippen molar-refractivity contribution in [3.8, 4) is 11.8 Å². The Morgan fingerprint density at radius 1 is 1.43 bits per heavy atom. The van der Waals surface area contributed by atoms with Gasteiger partial charge < -0.3 is 10.1 Å². The van der Waals surface area contributed by atoms with E-state index in [-0.39, 0.29) is 0 Å². The molecule has 2 rings (SSSR count). The summed E-state index contributed by atoms with van der Waals surface area (Å²) in [7, 11) is 0. The predicted molar refractivity (Wildman–Crippen MR) is 78.7 cm³/mol. The molecular formula is C15H18N4O2. The molecular weight excluding hydrogens is 268 g/mol. The molecule has 1 amide bonds. The number of carbonyl (C=O) groups excluding carboxylic acids is 1. The van der Waals surface area contributed by atoms with Gasteiger partial charge in [-0.15, -0.1) is 0 Å². The van der Waals surface area contributed by atoms with E-state index in [1.807, 2.05) is 31.4 Å². The highest BCUT2D eigenvalue weighted by molar-refractivity contribution is 5.67. The van der Waals surface area contributed by atoms with Crippen LogP contribution in [0, 0.1) is 11.8 Å². The van der Waals surface area contributed by atoms with Gasteiger partial charge in [0.1, 0.15) is 11.3 Å². The molecule has 0 radical (unpaired) electrons. The SMILES string of the molecule is CC(C)(C)OC(=O)NCCC#Cc1cnc2cnccn12. The summed E-state index contributed by atoms with van der Waals surface area (Å²) in [6, 6.07) is 0. The average molecular weight is 286 g/mol. The second-order valence-electron chi connectivity index (χ2n) is 5.43. The number of aromatic nitrogens is 3. The van der Waals surface area contributed by atoms with Crippen molar-refractivity contribution in [1.29, 1.82) is 0 Å². The quantitative estimate of drug-likeness (QED) is 0.677. The fourth-order valence-electron chi connectivity index (χ4n) is 1.63. The summed E-state index contributed by atoms with van der Waals surface area (Å²) in [6.45, 7) is 5.92. The summed E-state index contributed by atoms with van der Waals surface area (Å²) in [4.78, 5) is 19.6. The molecule has 0 aromatic carbocycles. The van der Waals surface area contributed by atoms with E-state index in [4.69, 9.17) is 4.74 Å². The third-order valence-electron chi connectivity index (χ3n) is 2.45. The van der Waals surface area contributed by atoms with E-state index in [9.17, 15) is 4.79 Å². The maximum absolute atomic E-state index is 11.4. The van der Waals surface area contributed by atoms with E-state index < -0.39 is 11.7 Å². The number of hydrogen-bond acceptors (Lipinski definition) is 4. The highest BCUT2D eigenvalue weighted by Gasteiger charge is 2.15. The van der Waals surface area contributed by atoms with Gasteiger partial charge in [0.2, 0.25) is 0 Å². The zero-order valence-electron chi connectivity index (χ0n) is 12.4. The third-order valence-corrected chi connectivity index (χ3v) is 2.45. The molecule has 0 atom stereocenters. The summed E-state index contributed by atoms with van der Waals surface area (Å²) in [5.41, 5.74) is 1.07. The van der Waals surface area contributed by atoms with Crippen LogP contribution in [0.3, 0.4) is 0 Å². The van der Waals surface area contributed by atoms with Crippen LogP contribution in [0.5, 0.6) is 0 Å². The Kier molecular flexibility index (Phi) is 4.43. The number of carbonyl (C=O) groups is 1. The van der Waals surface area contributed by atoms with Crippen LogP contribution in [0.15, 0.2) is 24.8 Å². The van der Waals surface area contributed by atoms with Crippen LogP contribution in [0.25, 0.3) is 5.65 Å². The van der Waals surface area contributed by atoms with Crippen molar-refractivity contribution in [3.05, 3.63) is 30.5 Å². The van der Waals surface area contributed by atoms with Gasteiger partial charge in [0.15, 0.2) is 5.65 Å². The highest BCUT2D eigenvalue weighted by Crippen LogP contribution is 2.06. The number of imidazole rings is 1. The van der Waals surface area contributed by atoms with Crippen molar-refractivity contribution >= 4 is 11.7 Å². The van der Waals surface area contributed by atoms with Gasteiger partial charge in [-0.1, -0.05) is 5.92 Å². The van der Waals surface area contributed by atoms with Crippen LogP contribution in [0.2, 0.25) is 0 Å². The molecule has 0 unspecified atom stereocenters. The maximum atomic E-state index is 11.4. The minimum atomic E-state index is -0.486. The van der Waals surface area contributed by atoms with Crippen LogP contribution < -0.4 is 5.32 Å². The van der Waals surface area contributed by atoms with Gasteiger partial charge in [0.05, 0.1) is 12.4 Å². The maximum Gasteiger partial charge on any atom is 0.407 e. The molecule has 2 aromatic rings. The van der Waals surface area contributed by atoms with Gasteiger partial charge in [0, 0.05) is 25.4 Å². The Bertz CT molecular complexity index is 689. The zero-order chi connectivity index (χ0) is 15.3. The van der Waals surface area contributed by atoms with Gasteiger partial charge in [-0.25, -0.2) is 9.78 Å². The van der Waals surface area contributed by atoms with E-state index >= 15 is 0 Å². The summed E-state index contributed by atoms with van der Waals surface area (Å²) in [5, 5.41) is 2.66. The Balaban J connectivity index is 1.83. The topological polar surface area (TPSA) is 68.5 Å². The third kappa shape index (κ3) is 4.49. The molecule has 0 spiro atoms. The Labute approximate surface area is 123 Å². The molecule has 110 valence electrons. The lowest BCUT2D eigenvalue weighted by molar-refractivity contribution is 0.0529. The second-order valence-corrected chi connectivity index (χ2v) is 5.43. The van der Waals surface area contributed by atoms with Crippen LogP contribution in [-0.2, 0) is 4.74 Å². The second kappa shape index (κ2) is 6.27. The lowest BCUT2D eigenvalue weighted by atomic mass is 10.2. The molecule has 0 saturated heterocycles. The number of rotatable bonds is 2. The molecule has 0 fully saturated rings. The molecule has 0 aliphatic carbocycles. The molecule has 2 heterocycles. The number of hydrogen-bond donors (Lipinski definition) is 1. The largest absolute Gasteiger partial charge is 0.444 e. The fraction of sp³-hybridized carbons (Fsp3) is 0.400. The van der Waals surface area contributed by atoms with Crippen molar-refractivity contribution in [3.63, 3.8) is 0 Å². The number of fused-ring (bicyclic) bond motifs is 1. The molecule has 0 saturated carbocycles. The van der Waals surface area contributed by atoms with E-state index in [2.05, 4.69) is 27.1 Å². The molecule has 0 bridgehead atoms. The van der Waals surface area contributed by atoms with E-state index in [0.29, 0.717) is 13.0 Å². The minimum Gasteiger partial charge on any atom is -0.444 e. The molecule has 0 aliphatic rings. The van der Waals surface area contributed by atoms with Gasteiger partial charge >= 0.3 is 6.09 Å². The van der Waals surface area contributed by atoms with Crippen molar-refractivity contribution in [2.75, 3.05) is 6.54 Å². The monoisotopic (exact) mass is 286 g/mol. The molecule has 6 heteroatoms. The van der Waals surface area contributed by atoms with Crippen LogP contribution in [0.1, 0.15) is 32.9 Å². The Morgan fingerprint density at radius 2 is 2.24 bits per heavy atom. The number of amides is 1. The molecule has 0 aliphatic heterocycles. The summed E-state index contributed by atoms with van der Waals surface area (Å²) < 4.78 is 6.99. The lowest BCUT2D eigenvalue weighted by Gasteiger charge is -2.19. The van der Waals surface area contributed by atoms with Crippen LogP contribution in [-0.4, -0.2) is 32.6 Å². The van der Waals surface area contributed by atoms with E-state index in [1.165, 1.54) is 0 Å². The Hall–Kier alpha value is -2.55. The number of nitrogens with zero attached hydrogens (tertiary/aromatic N) is 3. The lowest BCUT2D eigenvalue weighted by Crippen LogP contribution is -2.32.